The van der Waals surface area contributed by atoms with Crippen LogP contribution >= 0.6 is 9.90 Å². The Kier molecular flexibility index (Phi) is 20.4. The third-order valence-electron chi connectivity index (χ3n) is 1.68. The fourth-order valence-corrected chi connectivity index (χ4v) is 1.13. The quantitative estimate of drug-likeness (QED) is 0.674. The second-order valence-corrected chi connectivity index (χ2v) is 3.10. The fourth-order valence-electron chi connectivity index (χ4n) is 1.13. The van der Waals surface area contributed by atoms with Gasteiger partial charge in [0.05, 0.1) is 0 Å². The monoisotopic (exact) mass is 283 g/mol. The average molecular weight is 283 g/mol. The van der Waals surface area contributed by atoms with Crippen LogP contribution in [-0.2, 0) is 0 Å². The lowest BCUT2D eigenvalue weighted by molar-refractivity contribution is 1.09. The smallest absolute Gasteiger partial charge is 0.255 e. The van der Waals surface area contributed by atoms with Crippen LogP contribution in [0.5, 0.6) is 0 Å². The number of aromatic amines is 1. The number of aromatic nitrogens is 1. The van der Waals surface area contributed by atoms with E-state index >= 15 is 0 Å². The summed E-state index contributed by atoms with van der Waals surface area (Å²) >= 11 is 0. The SMILES string of the molecule is CC.CC.CCC.O=c1[nH]ccc2ccccc12.P. The van der Waals surface area contributed by atoms with Crippen molar-refractivity contribution < 1.29 is 0 Å². The van der Waals surface area contributed by atoms with Gasteiger partial charge < -0.3 is 4.98 Å². The lowest BCUT2D eigenvalue weighted by atomic mass is 10.2. The van der Waals surface area contributed by atoms with Crippen LogP contribution in [0.25, 0.3) is 10.8 Å². The van der Waals surface area contributed by atoms with Crippen molar-refractivity contribution in [2.75, 3.05) is 0 Å². The zero-order valence-electron chi connectivity index (χ0n) is 13.3. The van der Waals surface area contributed by atoms with Crippen LogP contribution in [0.4, 0.5) is 0 Å². The van der Waals surface area contributed by atoms with Crippen molar-refractivity contribution in [3.05, 3.63) is 46.9 Å². The van der Waals surface area contributed by atoms with E-state index < -0.39 is 0 Å². The second-order valence-electron chi connectivity index (χ2n) is 3.10. The molecule has 0 spiro atoms. The standard InChI is InChI=1S/C9H7NO.C3H8.2C2H6.H3P/c11-9-8-4-2-1-3-7(8)5-6-10-9;1-3-2;2*1-2;/h1-6H,(H,10,11);3H2,1-2H3;2*1-2H3;1H3. The Bertz CT molecular complexity index is 446. The molecule has 0 radical (unpaired) electrons. The Hall–Kier alpha value is -1.14. The Balaban J connectivity index is -0.000000279. The van der Waals surface area contributed by atoms with Crippen LogP contribution in [0.1, 0.15) is 48.0 Å². The molecule has 2 nitrogen and oxygen atoms in total. The molecule has 0 aliphatic heterocycles. The average Bonchev–Trinajstić information content (AvgIpc) is 2.45. The summed E-state index contributed by atoms with van der Waals surface area (Å²) in [4.78, 5) is 13.7. The largest absolute Gasteiger partial charge is 0.329 e. The lowest BCUT2D eigenvalue weighted by Gasteiger charge is -1.92. The molecule has 0 aliphatic rings. The summed E-state index contributed by atoms with van der Waals surface area (Å²) < 4.78 is 0. The topological polar surface area (TPSA) is 32.9 Å². The van der Waals surface area contributed by atoms with Crippen molar-refractivity contribution in [3.63, 3.8) is 0 Å². The first kappa shape index (κ1) is 23.0. The minimum Gasteiger partial charge on any atom is -0.329 e. The molecule has 1 aromatic carbocycles. The maximum atomic E-state index is 11.1. The number of rotatable bonds is 0. The molecule has 1 unspecified atom stereocenters. The van der Waals surface area contributed by atoms with Crippen LogP contribution < -0.4 is 5.56 Å². The van der Waals surface area contributed by atoms with Crippen LogP contribution in [-0.4, -0.2) is 4.98 Å². The van der Waals surface area contributed by atoms with Crippen molar-refractivity contribution in [2.45, 2.75) is 48.0 Å². The van der Waals surface area contributed by atoms with Crippen molar-refractivity contribution in [3.8, 4) is 0 Å². The molecule has 0 fully saturated rings. The zero-order valence-corrected chi connectivity index (χ0v) is 14.7. The van der Waals surface area contributed by atoms with Gasteiger partial charge in [-0.25, -0.2) is 0 Å². The summed E-state index contributed by atoms with van der Waals surface area (Å²) in [6, 6.07) is 9.40. The first-order chi connectivity index (χ1) is 8.79. The third-order valence-corrected chi connectivity index (χ3v) is 1.68. The van der Waals surface area contributed by atoms with Gasteiger partial charge in [0.15, 0.2) is 0 Å². The number of hydrogen-bond acceptors (Lipinski definition) is 1. The van der Waals surface area contributed by atoms with E-state index in [9.17, 15) is 4.79 Å². The van der Waals surface area contributed by atoms with Crippen LogP contribution in [0, 0.1) is 0 Å². The van der Waals surface area contributed by atoms with Crippen LogP contribution in [0.15, 0.2) is 41.3 Å². The molecule has 0 bridgehead atoms. The third kappa shape index (κ3) is 9.44. The highest BCUT2D eigenvalue weighted by Gasteiger charge is 1.92. The van der Waals surface area contributed by atoms with Gasteiger partial charge in [-0.2, -0.15) is 9.90 Å². The highest BCUT2D eigenvalue weighted by molar-refractivity contribution is 6.92. The maximum Gasteiger partial charge on any atom is 0.255 e. The van der Waals surface area contributed by atoms with Gasteiger partial charge in [0.2, 0.25) is 0 Å². The molecule has 19 heavy (non-hydrogen) atoms. The highest BCUT2D eigenvalue weighted by Crippen LogP contribution is 2.05. The second kappa shape index (κ2) is 16.9. The molecule has 0 aliphatic carbocycles. The fraction of sp³-hybridized carbons (Fsp3) is 0.438. The van der Waals surface area contributed by atoms with Gasteiger partial charge in [-0.3, -0.25) is 4.79 Å². The molecule has 1 heterocycles. The van der Waals surface area contributed by atoms with E-state index in [0.29, 0.717) is 0 Å². The van der Waals surface area contributed by atoms with Gasteiger partial charge in [-0.15, -0.1) is 0 Å². The normalized spacial score (nSPS) is 7.47. The Morgan fingerprint density at radius 1 is 0.947 bits per heavy atom. The molecule has 2 rings (SSSR count). The maximum absolute atomic E-state index is 11.1. The molecule has 0 amide bonds. The number of fused-ring (bicyclic) bond motifs is 1. The van der Waals surface area contributed by atoms with Gasteiger partial charge in [-0.1, -0.05) is 66.2 Å². The van der Waals surface area contributed by atoms with Crippen molar-refractivity contribution in [2.24, 2.45) is 0 Å². The zero-order chi connectivity index (χ0) is 14.4. The van der Waals surface area contributed by atoms with E-state index in [2.05, 4.69) is 18.8 Å². The number of benzene rings is 1. The summed E-state index contributed by atoms with van der Waals surface area (Å²) in [5, 5.41) is 1.73. The first-order valence-corrected chi connectivity index (χ1v) is 6.86. The minimum absolute atomic E-state index is 0. The minimum atomic E-state index is -0.0249. The highest BCUT2D eigenvalue weighted by atomic mass is 31.0. The van der Waals surface area contributed by atoms with Crippen LogP contribution in [0.2, 0.25) is 0 Å². The van der Waals surface area contributed by atoms with Crippen molar-refractivity contribution >= 4 is 20.7 Å². The van der Waals surface area contributed by atoms with E-state index in [-0.39, 0.29) is 15.5 Å². The first-order valence-electron chi connectivity index (χ1n) is 6.86. The summed E-state index contributed by atoms with van der Waals surface area (Å²) in [6.45, 7) is 12.2. The van der Waals surface area contributed by atoms with E-state index in [1.807, 2.05) is 58.0 Å². The Morgan fingerprint density at radius 2 is 1.42 bits per heavy atom. The molecular weight excluding hydrogens is 253 g/mol. The van der Waals surface area contributed by atoms with Gasteiger partial charge in [-0.05, 0) is 17.5 Å². The molecule has 110 valence electrons. The molecule has 1 atom stereocenters. The molecule has 0 saturated carbocycles. The molecule has 1 N–H and O–H groups in total. The van der Waals surface area contributed by atoms with Gasteiger partial charge in [0.1, 0.15) is 0 Å². The van der Waals surface area contributed by atoms with E-state index in [4.69, 9.17) is 0 Å². The molecule has 2 aromatic rings. The Morgan fingerprint density at radius 3 is 1.89 bits per heavy atom. The van der Waals surface area contributed by atoms with E-state index in [0.717, 1.165) is 10.8 Å². The molecule has 1 aromatic heterocycles. The van der Waals surface area contributed by atoms with Crippen LogP contribution in [0.3, 0.4) is 0 Å². The lowest BCUT2D eigenvalue weighted by Crippen LogP contribution is -2.03. The predicted octanol–water partition coefficient (Wildman–Crippen LogP) is 5.05. The summed E-state index contributed by atoms with van der Waals surface area (Å²) in [5.41, 5.74) is -0.0249. The van der Waals surface area contributed by atoms with Gasteiger partial charge >= 0.3 is 0 Å². The Labute approximate surface area is 121 Å². The summed E-state index contributed by atoms with van der Waals surface area (Å²) in [5.74, 6) is 0. The van der Waals surface area contributed by atoms with Gasteiger partial charge in [0.25, 0.3) is 5.56 Å². The number of nitrogens with one attached hydrogen (secondary N) is 1. The summed E-state index contributed by atoms with van der Waals surface area (Å²) in [7, 11) is 0. The van der Waals surface area contributed by atoms with Gasteiger partial charge in [0, 0.05) is 11.6 Å². The number of hydrogen-bond donors (Lipinski definition) is 1. The van der Waals surface area contributed by atoms with Crippen molar-refractivity contribution in [1.82, 2.24) is 4.98 Å². The number of pyridine rings is 1. The van der Waals surface area contributed by atoms with E-state index in [1.54, 1.807) is 6.20 Å². The summed E-state index contributed by atoms with van der Waals surface area (Å²) in [6.07, 6.45) is 2.91. The van der Waals surface area contributed by atoms with Crippen molar-refractivity contribution in [1.29, 1.82) is 0 Å². The van der Waals surface area contributed by atoms with E-state index in [1.165, 1.54) is 6.42 Å². The number of H-pyrrole nitrogens is 1. The molecule has 0 saturated heterocycles. The molecule has 3 heteroatoms. The predicted molar refractivity (Wildman–Crippen MR) is 94.3 cm³/mol. The molecular formula is C16H30NOP.